The molecule has 5 nitrogen and oxygen atoms in total. The highest BCUT2D eigenvalue weighted by molar-refractivity contribution is 7.10. The van der Waals surface area contributed by atoms with Crippen molar-refractivity contribution in [1.29, 1.82) is 0 Å². The van der Waals surface area contributed by atoms with Gasteiger partial charge in [0.15, 0.2) is 0 Å². The van der Waals surface area contributed by atoms with Gasteiger partial charge in [-0.25, -0.2) is 0 Å². The summed E-state index contributed by atoms with van der Waals surface area (Å²) >= 11 is 7.89. The number of carbonyl (C=O) groups excluding carboxylic acids is 2. The molecule has 1 aromatic heterocycles. The Kier molecular flexibility index (Phi) is 7.75. The predicted molar refractivity (Wildman–Crippen MR) is 143 cm³/mol. The molecule has 1 saturated carbocycles. The molecular weight excluding hydrogens is 492 g/mol. The summed E-state index contributed by atoms with van der Waals surface area (Å²) in [6.07, 6.45) is 2.37. The number of fused-ring (bicyclic) bond motifs is 1. The quantitative estimate of drug-likeness (QED) is 0.346. The number of thiophene rings is 1. The van der Waals surface area contributed by atoms with E-state index in [0.717, 1.165) is 18.4 Å². The standard InChI is InChI=1S/C29H31ClN2O3S/c1-35-16-5-14-31(29(34)25-18-24(25)20-6-3-2-4-7-20)19-27(33)32-15-12-26-23(13-17-36-26)28(32)21-8-10-22(30)11-9-21/h2-4,6-11,13,17,24-25,28H,5,12,14-16,18-19H2,1H3/t24-,25?,28?/m0/s1. The van der Waals surface area contributed by atoms with Crippen LogP contribution in [0.3, 0.4) is 0 Å². The Morgan fingerprint density at radius 1 is 1.08 bits per heavy atom. The zero-order valence-corrected chi connectivity index (χ0v) is 22.0. The number of halogens is 1. The maximum Gasteiger partial charge on any atom is 0.242 e. The van der Waals surface area contributed by atoms with Gasteiger partial charge in [0, 0.05) is 42.6 Å². The lowest BCUT2D eigenvalue weighted by Crippen LogP contribution is -2.47. The molecule has 3 atom stereocenters. The van der Waals surface area contributed by atoms with Gasteiger partial charge in [0.2, 0.25) is 11.8 Å². The third-order valence-electron chi connectivity index (χ3n) is 7.22. The number of hydrogen-bond acceptors (Lipinski definition) is 4. The zero-order chi connectivity index (χ0) is 25.1. The lowest BCUT2D eigenvalue weighted by atomic mass is 9.93. The van der Waals surface area contributed by atoms with Crippen LogP contribution >= 0.6 is 22.9 Å². The van der Waals surface area contributed by atoms with Crippen molar-refractivity contribution < 1.29 is 14.3 Å². The van der Waals surface area contributed by atoms with Crippen molar-refractivity contribution in [3.05, 3.63) is 92.6 Å². The monoisotopic (exact) mass is 522 g/mol. The van der Waals surface area contributed by atoms with E-state index in [0.29, 0.717) is 31.1 Å². The number of hydrogen-bond donors (Lipinski definition) is 0. The minimum atomic E-state index is -0.168. The molecule has 2 aromatic carbocycles. The van der Waals surface area contributed by atoms with Gasteiger partial charge < -0.3 is 14.5 Å². The lowest BCUT2D eigenvalue weighted by Gasteiger charge is -2.37. The van der Waals surface area contributed by atoms with E-state index in [2.05, 4.69) is 23.6 Å². The highest BCUT2D eigenvalue weighted by Crippen LogP contribution is 2.48. The molecular formula is C29H31ClN2O3S. The molecule has 188 valence electrons. The molecule has 36 heavy (non-hydrogen) atoms. The Bertz CT molecular complexity index is 1200. The molecule has 0 spiro atoms. The van der Waals surface area contributed by atoms with Crippen LogP contribution in [-0.4, -0.2) is 55.0 Å². The van der Waals surface area contributed by atoms with E-state index >= 15 is 0 Å². The van der Waals surface area contributed by atoms with Gasteiger partial charge in [-0.15, -0.1) is 11.3 Å². The zero-order valence-electron chi connectivity index (χ0n) is 20.4. The highest BCUT2D eigenvalue weighted by Gasteiger charge is 2.46. The molecule has 2 heterocycles. The van der Waals surface area contributed by atoms with E-state index in [1.165, 1.54) is 16.0 Å². The maximum absolute atomic E-state index is 13.8. The van der Waals surface area contributed by atoms with Crippen LogP contribution in [0.25, 0.3) is 0 Å². The van der Waals surface area contributed by atoms with Crippen molar-refractivity contribution in [3.8, 4) is 0 Å². The van der Waals surface area contributed by atoms with E-state index in [1.54, 1.807) is 23.3 Å². The molecule has 2 aliphatic rings. The second-order valence-corrected chi connectivity index (χ2v) is 11.0. The van der Waals surface area contributed by atoms with Crippen molar-refractivity contribution in [1.82, 2.24) is 9.80 Å². The summed E-state index contributed by atoms with van der Waals surface area (Å²) in [6.45, 7) is 1.79. The second kappa shape index (κ2) is 11.2. The molecule has 1 aliphatic carbocycles. The number of methoxy groups -OCH3 is 1. The van der Waals surface area contributed by atoms with E-state index in [4.69, 9.17) is 16.3 Å². The summed E-state index contributed by atoms with van der Waals surface area (Å²) < 4.78 is 5.23. The van der Waals surface area contributed by atoms with E-state index in [-0.39, 0.29) is 36.2 Å². The van der Waals surface area contributed by atoms with Crippen LogP contribution < -0.4 is 0 Å². The van der Waals surface area contributed by atoms with Crippen molar-refractivity contribution in [2.75, 3.05) is 33.4 Å². The van der Waals surface area contributed by atoms with Crippen LogP contribution in [0, 0.1) is 5.92 Å². The molecule has 5 rings (SSSR count). The Morgan fingerprint density at radius 3 is 2.61 bits per heavy atom. The first-order valence-corrected chi connectivity index (χ1v) is 13.8. The molecule has 2 amide bonds. The summed E-state index contributed by atoms with van der Waals surface area (Å²) in [7, 11) is 1.66. The van der Waals surface area contributed by atoms with Gasteiger partial charge >= 0.3 is 0 Å². The fourth-order valence-corrected chi connectivity index (χ4v) is 6.31. The van der Waals surface area contributed by atoms with Crippen LogP contribution in [0.1, 0.15) is 46.4 Å². The van der Waals surface area contributed by atoms with Crippen molar-refractivity contribution >= 4 is 34.8 Å². The Balaban J connectivity index is 1.35. The average molecular weight is 523 g/mol. The molecule has 7 heteroatoms. The Labute approximate surface area is 221 Å². The molecule has 0 saturated heterocycles. The molecule has 1 aliphatic heterocycles. The minimum Gasteiger partial charge on any atom is -0.385 e. The van der Waals surface area contributed by atoms with E-state index in [9.17, 15) is 9.59 Å². The van der Waals surface area contributed by atoms with E-state index < -0.39 is 0 Å². The summed E-state index contributed by atoms with van der Waals surface area (Å²) in [5, 5.41) is 2.77. The molecule has 3 aromatic rings. The van der Waals surface area contributed by atoms with Crippen molar-refractivity contribution in [2.45, 2.75) is 31.2 Å². The van der Waals surface area contributed by atoms with Gasteiger partial charge in [-0.2, -0.15) is 0 Å². The predicted octanol–water partition coefficient (Wildman–Crippen LogP) is 5.54. The fourth-order valence-electron chi connectivity index (χ4n) is 5.28. The van der Waals surface area contributed by atoms with Gasteiger partial charge in [0.05, 0.1) is 12.6 Å². The number of benzene rings is 2. The molecule has 2 unspecified atom stereocenters. The maximum atomic E-state index is 13.8. The smallest absolute Gasteiger partial charge is 0.242 e. The molecule has 0 bridgehead atoms. The minimum absolute atomic E-state index is 0.0190. The van der Waals surface area contributed by atoms with Gasteiger partial charge in [-0.05, 0) is 65.4 Å². The second-order valence-electron chi connectivity index (χ2n) is 9.56. The largest absolute Gasteiger partial charge is 0.385 e. The molecule has 1 fully saturated rings. The molecule has 0 radical (unpaired) electrons. The first-order valence-electron chi connectivity index (χ1n) is 12.5. The highest BCUT2D eigenvalue weighted by atomic mass is 35.5. The summed E-state index contributed by atoms with van der Waals surface area (Å²) in [4.78, 5) is 32.4. The summed E-state index contributed by atoms with van der Waals surface area (Å²) in [6, 6.07) is 19.9. The number of nitrogens with zero attached hydrogens (tertiary/aromatic N) is 2. The Morgan fingerprint density at radius 2 is 1.86 bits per heavy atom. The average Bonchev–Trinajstić information content (AvgIpc) is 3.56. The van der Waals surface area contributed by atoms with Crippen LogP contribution in [0.5, 0.6) is 0 Å². The number of carbonyl (C=O) groups is 2. The third kappa shape index (κ3) is 5.36. The summed E-state index contributed by atoms with van der Waals surface area (Å²) in [5.74, 6) is 0.239. The van der Waals surface area contributed by atoms with Crippen LogP contribution in [0.4, 0.5) is 0 Å². The fraction of sp³-hybridized carbons (Fsp3) is 0.379. The van der Waals surface area contributed by atoms with Crippen LogP contribution in [0.2, 0.25) is 5.02 Å². The number of ether oxygens (including phenoxy) is 1. The normalized spacial score (nSPS) is 20.6. The number of rotatable bonds is 9. The van der Waals surface area contributed by atoms with Crippen molar-refractivity contribution in [3.63, 3.8) is 0 Å². The third-order valence-corrected chi connectivity index (χ3v) is 8.47. The van der Waals surface area contributed by atoms with E-state index in [1.807, 2.05) is 47.4 Å². The van der Waals surface area contributed by atoms with Gasteiger partial charge in [-0.1, -0.05) is 54.1 Å². The Hall–Kier alpha value is -2.67. The first kappa shape index (κ1) is 25.0. The van der Waals surface area contributed by atoms with Gasteiger partial charge in [0.1, 0.15) is 0 Å². The van der Waals surface area contributed by atoms with Gasteiger partial charge in [0.25, 0.3) is 0 Å². The first-order chi connectivity index (χ1) is 17.6. The van der Waals surface area contributed by atoms with Crippen LogP contribution in [-0.2, 0) is 20.7 Å². The lowest BCUT2D eigenvalue weighted by molar-refractivity contribution is -0.142. The summed E-state index contributed by atoms with van der Waals surface area (Å²) in [5.41, 5.74) is 3.41. The topological polar surface area (TPSA) is 49.9 Å². The van der Waals surface area contributed by atoms with Crippen molar-refractivity contribution in [2.24, 2.45) is 5.92 Å². The molecule has 0 N–H and O–H groups in total. The van der Waals surface area contributed by atoms with Gasteiger partial charge in [-0.3, -0.25) is 9.59 Å². The SMILES string of the molecule is COCCCN(CC(=O)N1CCc2sccc2C1c1ccc(Cl)cc1)C(=O)C1C[C@H]1c1ccccc1. The number of amides is 2. The van der Waals surface area contributed by atoms with Crippen LogP contribution in [0.15, 0.2) is 66.0 Å².